The minimum Gasteiger partial charge on any atom is -0.493 e. The van der Waals surface area contributed by atoms with Crippen molar-refractivity contribution in [3.63, 3.8) is 0 Å². The number of benzene rings is 1. The van der Waals surface area contributed by atoms with Crippen LogP contribution in [0.5, 0.6) is 11.5 Å². The quantitative estimate of drug-likeness (QED) is 0.450. The van der Waals surface area contributed by atoms with Gasteiger partial charge in [0, 0.05) is 45.4 Å². The Morgan fingerprint density at radius 1 is 1.13 bits per heavy atom. The number of likely N-dealkylation sites (tertiary alicyclic amines) is 1. The molecule has 2 N–H and O–H groups in total. The lowest BCUT2D eigenvalue weighted by molar-refractivity contribution is 0.141. The van der Waals surface area contributed by atoms with Crippen LogP contribution in [-0.2, 0) is 11.3 Å². The highest BCUT2D eigenvalue weighted by molar-refractivity contribution is 5.79. The molecule has 1 unspecified atom stereocenters. The van der Waals surface area contributed by atoms with Crippen molar-refractivity contribution in [2.45, 2.75) is 57.2 Å². The molecule has 1 aliphatic heterocycles. The van der Waals surface area contributed by atoms with Crippen molar-refractivity contribution in [3.8, 4) is 11.5 Å². The van der Waals surface area contributed by atoms with Crippen molar-refractivity contribution in [3.05, 3.63) is 23.8 Å². The molecular weight excluding hydrogens is 380 g/mol. The van der Waals surface area contributed by atoms with Gasteiger partial charge in [-0.2, -0.15) is 0 Å². The van der Waals surface area contributed by atoms with Gasteiger partial charge in [0.15, 0.2) is 17.5 Å². The molecule has 2 fully saturated rings. The zero-order chi connectivity index (χ0) is 21.2. The van der Waals surface area contributed by atoms with Crippen LogP contribution in [0.3, 0.4) is 0 Å². The third-order valence-electron chi connectivity index (χ3n) is 6.12. The number of hydrogen-bond acceptors (Lipinski definition) is 5. The third kappa shape index (κ3) is 6.25. The second-order valence-corrected chi connectivity index (χ2v) is 8.10. The predicted octanol–water partition coefficient (Wildman–Crippen LogP) is 2.79. The second-order valence-electron chi connectivity index (χ2n) is 8.10. The van der Waals surface area contributed by atoms with Gasteiger partial charge in [-0.3, -0.25) is 9.89 Å². The van der Waals surface area contributed by atoms with E-state index in [4.69, 9.17) is 14.2 Å². The number of nitrogens with one attached hydrogen (secondary N) is 2. The normalized spacial score (nSPS) is 20.5. The molecule has 168 valence electrons. The lowest BCUT2D eigenvalue weighted by Gasteiger charge is -2.25. The molecule has 1 saturated carbocycles. The molecule has 3 rings (SSSR count). The van der Waals surface area contributed by atoms with Gasteiger partial charge in [0.25, 0.3) is 0 Å². The zero-order valence-electron chi connectivity index (χ0n) is 18.8. The molecule has 1 saturated heterocycles. The Hall–Kier alpha value is -1.99. The maximum absolute atomic E-state index is 6.34. The number of nitrogens with zero attached hydrogens (tertiary/aromatic N) is 2. The first kappa shape index (κ1) is 22.7. The number of methoxy groups -OCH3 is 2. The van der Waals surface area contributed by atoms with Crippen LogP contribution in [0.4, 0.5) is 0 Å². The van der Waals surface area contributed by atoms with Crippen molar-refractivity contribution in [1.29, 1.82) is 0 Å². The minimum absolute atomic E-state index is 0.290. The zero-order valence-corrected chi connectivity index (χ0v) is 18.8. The first-order valence-corrected chi connectivity index (χ1v) is 11.2. The van der Waals surface area contributed by atoms with Crippen LogP contribution >= 0.6 is 0 Å². The summed E-state index contributed by atoms with van der Waals surface area (Å²) in [5.74, 6) is 2.46. The van der Waals surface area contributed by atoms with Crippen LogP contribution in [0.2, 0.25) is 0 Å². The number of hydrogen-bond donors (Lipinski definition) is 2. The summed E-state index contributed by atoms with van der Waals surface area (Å²) >= 11 is 0. The molecule has 1 atom stereocenters. The lowest BCUT2D eigenvalue weighted by Crippen LogP contribution is -2.45. The molecule has 1 aromatic rings. The molecule has 0 amide bonds. The van der Waals surface area contributed by atoms with Crippen LogP contribution in [0.25, 0.3) is 0 Å². The fraction of sp³-hybridized carbons (Fsp3) is 0.696. The highest BCUT2D eigenvalue weighted by Crippen LogP contribution is 2.34. The number of aliphatic imine (C=N–C) groups is 1. The monoisotopic (exact) mass is 418 g/mol. The predicted molar refractivity (Wildman–Crippen MR) is 121 cm³/mol. The summed E-state index contributed by atoms with van der Waals surface area (Å²) in [6.45, 7) is 4.43. The van der Waals surface area contributed by atoms with E-state index < -0.39 is 0 Å². The van der Waals surface area contributed by atoms with Gasteiger partial charge in [-0.15, -0.1) is 0 Å². The van der Waals surface area contributed by atoms with Gasteiger partial charge in [-0.05, 0) is 51.1 Å². The van der Waals surface area contributed by atoms with E-state index in [1.54, 1.807) is 14.2 Å². The summed E-state index contributed by atoms with van der Waals surface area (Å²) < 4.78 is 17.2. The fourth-order valence-electron chi connectivity index (χ4n) is 4.41. The van der Waals surface area contributed by atoms with Crippen molar-refractivity contribution < 1.29 is 14.2 Å². The van der Waals surface area contributed by atoms with Crippen LogP contribution in [0.15, 0.2) is 23.2 Å². The van der Waals surface area contributed by atoms with Gasteiger partial charge >= 0.3 is 0 Å². The van der Waals surface area contributed by atoms with E-state index in [9.17, 15) is 0 Å². The number of rotatable bonds is 10. The van der Waals surface area contributed by atoms with E-state index in [-0.39, 0.29) is 6.10 Å². The first-order chi connectivity index (χ1) is 14.7. The molecule has 1 aliphatic carbocycles. The van der Waals surface area contributed by atoms with Gasteiger partial charge in [0.1, 0.15) is 0 Å². The Morgan fingerprint density at radius 3 is 2.70 bits per heavy atom. The Kier molecular flexibility index (Phi) is 9.08. The smallest absolute Gasteiger partial charge is 0.191 e. The second kappa shape index (κ2) is 12.0. The van der Waals surface area contributed by atoms with Gasteiger partial charge in [-0.1, -0.05) is 12.1 Å². The third-order valence-corrected chi connectivity index (χ3v) is 6.12. The summed E-state index contributed by atoms with van der Waals surface area (Å²) in [5, 5.41) is 6.94. The van der Waals surface area contributed by atoms with Crippen LogP contribution < -0.4 is 20.1 Å². The van der Waals surface area contributed by atoms with Crippen LogP contribution in [0.1, 0.15) is 44.1 Å². The van der Waals surface area contributed by atoms with Crippen molar-refractivity contribution in [2.75, 3.05) is 47.5 Å². The van der Waals surface area contributed by atoms with E-state index >= 15 is 0 Å². The summed E-state index contributed by atoms with van der Waals surface area (Å²) in [6.07, 6.45) is 7.47. The molecule has 7 nitrogen and oxygen atoms in total. The maximum Gasteiger partial charge on any atom is 0.191 e. The van der Waals surface area contributed by atoms with Crippen LogP contribution in [-0.4, -0.2) is 70.5 Å². The van der Waals surface area contributed by atoms with Gasteiger partial charge in [-0.25, -0.2) is 0 Å². The van der Waals surface area contributed by atoms with E-state index in [2.05, 4.69) is 26.6 Å². The highest BCUT2D eigenvalue weighted by atomic mass is 16.5. The lowest BCUT2D eigenvalue weighted by atomic mass is 10.1. The van der Waals surface area contributed by atoms with Gasteiger partial charge in [0.2, 0.25) is 0 Å². The Labute approximate surface area is 181 Å². The molecule has 2 aliphatic rings. The summed E-state index contributed by atoms with van der Waals surface area (Å²) in [5.41, 5.74) is 1.09. The standard InChI is InChI=1S/C23H38N4O3/c1-24-23(26-17-19-9-7-13-27(19)14-15-28-2)25-16-18-8-6-12-21(29-3)22(18)30-20-10-4-5-11-20/h6,8,12,19-20H,4-5,7,9-11,13-17H2,1-3H3,(H2,24,25,26). The summed E-state index contributed by atoms with van der Waals surface area (Å²) in [7, 11) is 5.28. The number of guanidine groups is 1. The Bertz CT molecular complexity index is 676. The largest absolute Gasteiger partial charge is 0.493 e. The number of ether oxygens (including phenoxy) is 3. The highest BCUT2D eigenvalue weighted by Gasteiger charge is 2.24. The minimum atomic E-state index is 0.290. The van der Waals surface area contributed by atoms with E-state index in [1.165, 1.54) is 25.7 Å². The average molecular weight is 419 g/mol. The topological polar surface area (TPSA) is 67.4 Å². The first-order valence-electron chi connectivity index (χ1n) is 11.2. The molecule has 0 radical (unpaired) electrons. The van der Waals surface area contributed by atoms with Gasteiger partial charge < -0.3 is 24.8 Å². The van der Waals surface area contributed by atoms with E-state index in [0.717, 1.165) is 62.1 Å². The Morgan fingerprint density at radius 2 is 1.97 bits per heavy atom. The van der Waals surface area contributed by atoms with E-state index in [1.807, 2.05) is 19.2 Å². The molecular formula is C23H38N4O3. The molecule has 30 heavy (non-hydrogen) atoms. The SMILES string of the molecule is CN=C(NCc1cccc(OC)c1OC1CCCC1)NCC1CCCN1CCOC. The molecule has 1 heterocycles. The summed E-state index contributed by atoms with van der Waals surface area (Å²) in [6, 6.07) is 6.60. The van der Waals surface area contributed by atoms with Crippen molar-refractivity contribution in [2.24, 2.45) is 4.99 Å². The average Bonchev–Trinajstić information content (AvgIpc) is 3.45. The van der Waals surface area contributed by atoms with Crippen molar-refractivity contribution >= 4 is 5.96 Å². The van der Waals surface area contributed by atoms with E-state index in [0.29, 0.717) is 12.6 Å². The van der Waals surface area contributed by atoms with Gasteiger partial charge in [0.05, 0.1) is 19.8 Å². The molecule has 7 heteroatoms. The van der Waals surface area contributed by atoms with Crippen molar-refractivity contribution in [1.82, 2.24) is 15.5 Å². The fourth-order valence-corrected chi connectivity index (χ4v) is 4.41. The van der Waals surface area contributed by atoms with Crippen LogP contribution in [0, 0.1) is 0 Å². The molecule has 1 aromatic carbocycles. The molecule has 0 bridgehead atoms. The molecule has 0 spiro atoms. The Balaban J connectivity index is 1.55. The maximum atomic E-state index is 6.34. The number of para-hydroxylation sites is 1. The summed E-state index contributed by atoms with van der Waals surface area (Å²) in [4.78, 5) is 6.91. The molecule has 0 aromatic heterocycles.